The van der Waals surface area contributed by atoms with Crippen LogP contribution in [0.1, 0.15) is 66.5 Å². The number of pyridine rings is 1. The first-order valence-electron chi connectivity index (χ1n) is 11.5. The van der Waals surface area contributed by atoms with Gasteiger partial charge in [0.05, 0.1) is 23.1 Å². The van der Waals surface area contributed by atoms with Crippen LogP contribution >= 0.6 is 0 Å². The van der Waals surface area contributed by atoms with Crippen LogP contribution in [0.3, 0.4) is 0 Å². The average molecular weight is 433 g/mol. The van der Waals surface area contributed by atoms with Crippen LogP contribution in [-0.2, 0) is 11.2 Å². The van der Waals surface area contributed by atoms with Crippen LogP contribution in [0.15, 0.2) is 29.0 Å². The molecule has 2 aliphatic rings. The minimum Gasteiger partial charge on any atom is -0.381 e. The smallest absolute Gasteiger partial charge is 0.125 e. The van der Waals surface area contributed by atoms with Crippen molar-refractivity contribution in [1.29, 1.82) is 0 Å². The van der Waals surface area contributed by atoms with Crippen molar-refractivity contribution in [2.75, 3.05) is 18.5 Å². The summed E-state index contributed by atoms with van der Waals surface area (Å²) in [5.41, 5.74) is 6.62. The van der Waals surface area contributed by atoms with Gasteiger partial charge in [-0.3, -0.25) is 15.0 Å². The van der Waals surface area contributed by atoms with Crippen LogP contribution in [0.4, 0.5) is 5.69 Å². The molecular weight excluding hydrogens is 400 g/mol. The number of rotatable bonds is 6. The molecule has 1 saturated heterocycles. The Morgan fingerprint density at radius 2 is 1.97 bits per heavy atom. The lowest BCUT2D eigenvalue weighted by Crippen LogP contribution is -2.29. The van der Waals surface area contributed by atoms with Gasteiger partial charge < -0.3 is 10.1 Å². The number of hydrogen-bond donors (Lipinski definition) is 1. The summed E-state index contributed by atoms with van der Waals surface area (Å²) < 4.78 is 5.56. The van der Waals surface area contributed by atoms with E-state index in [2.05, 4.69) is 33.8 Å². The summed E-state index contributed by atoms with van der Waals surface area (Å²) in [5.74, 6) is 0.726. The van der Waals surface area contributed by atoms with Gasteiger partial charge in [-0.2, -0.15) is 0 Å². The molecule has 0 aliphatic carbocycles. The Labute approximate surface area is 190 Å². The van der Waals surface area contributed by atoms with Crippen molar-refractivity contribution in [3.63, 3.8) is 0 Å². The highest BCUT2D eigenvalue weighted by atomic mass is 16.5. The van der Waals surface area contributed by atoms with Crippen molar-refractivity contribution in [3.8, 4) is 0 Å². The molecule has 0 spiro atoms. The van der Waals surface area contributed by atoms with E-state index in [4.69, 9.17) is 14.7 Å². The number of nitrogens with one attached hydrogen (secondary N) is 1. The van der Waals surface area contributed by atoms with Gasteiger partial charge in [-0.1, -0.05) is 13.5 Å². The van der Waals surface area contributed by atoms with Gasteiger partial charge in [0.2, 0.25) is 0 Å². The Hall–Kier alpha value is -2.93. The first-order valence-corrected chi connectivity index (χ1v) is 11.5. The second-order valence-corrected chi connectivity index (χ2v) is 8.48. The van der Waals surface area contributed by atoms with Gasteiger partial charge in [-0.15, -0.1) is 0 Å². The van der Waals surface area contributed by atoms with Crippen LogP contribution in [0.25, 0.3) is 5.70 Å². The molecule has 0 aromatic carbocycles. The van der Waals surface area contributed by atoms with Crippen LogP contribution in [0.2, 0.25) is 0 Å². The number of fused-ring (bicyclic) bond motifs is 1. The Kier molecular flexibility index (Phi) is 7.05. The van der Waals surface area contributed by atoms with E-state index in [0.29, 0.717) is 17.8 Å². The molecule has 0 radical (unpaired) electrons. The lowest BCUT2D eigenvalue weighted by molar-refractivity contribution is 0.0904. The van der Waals surface area contributed by atoms with Gasteiger partial charge in [-0.05, 0) is 46.0 Å². The van der Waals surface area contributed by atoms with Crippen LogP contribution in [0, 0.1) is 13.8 Å². The van der Waals surface area contributed by atoms with Gasteiger partial charge in [-0.25, -0.2) is 9.97 Å². The third-order valence-corrected chi connectivity index (χ3v) is 6.18. The normalized spacial score (nSPS) is 19.0. The zero-order valence-corrected chi connectivity index (χ0v) is 19.3. The van der Waals surface area contributed by atoms with Gasteiger partial charge in [0, 0.05) is 66.5 Å². The van der Waals surface area contributed by atoms with Crippen molar-refractivity contribution < 1.29 is 4.74 Å². The SMILES string of the molecule is C=C(N=Cc1c(C)nc2c(c1NC1CCOCC1)C=NC(CC)CC2)c1cnc(C)nc1. The molecule has 1 atom stereocenters. The molecule has 7 heteroatoms. The fourth-order valence-electron chi connectivity index (χ4n) is 4.11. The van der Waals surface area contributed by atoms with E-state index in [1.165, 1.54) is 0 Å². The molecule has 1 unspecified atom stereocenters. The highest BCUT2D eigenvalue weighted by Gasteiger charge is 2.22. The maximum Gasteiger partial charge on any atom is 0.125 e. The van der Waals surface area contributed by atoms with E-state index < -0.39 is 0 Å². The summed E-state index contributed by atoms with van der Waals surface area (Å²) in [6, 6.07) is 0.702. The summed E-state index contributed by atoms with van der Waals surface area (Å²) in [7, 11) is 0. The number of aliphatic imine (C=N–C) groups is 2. The van der Waals surface area contributed by atoms with Gasteiger partial charge >= 0.3 is 0 Å². The van der Waals surface area contributed by atoms with E-state index in [9.17, 15) is 0 Å². The summed E-state index contributed by atoms with van der Waals surface area (Å²) in [6.07, 6.45) is 12.4. The summed E-state index contributed by atoms with van der Waals surface area (Å²) in [6.45, 7) is 11.8. The lowest BCUT2D eigenvalue weighted by Gasteiger charge is -2.27. The number of aryl methyl sites for hydroxylation is 3. The number of anilines is 1. The van der Waals surface area contributed by atoms with Crippen molar-refractivity contribution in [2.45, 2.75) is 65.0 Å². The molecule has 168 valence electrons. The van der Waals surface area contributed by atoms with Crippen LogP contribution in [-0.4, -0.2) is 52.7 Å². The Bertz CT molecular complexity index is 1020. The maximum absolute atomic E-state index is 5.56. The molecule has 2 aliphatic heterocycles. The van der Waals surface area contributed by atoms with E-state index in [0.717, 1.165) is 84.9 Å². The maximum atomic E-state index is 5.56. The summed E-state index contributed by atoms with van der Waals surface area (Å²) in [4.78, 5) is 23.0. The molecular formula is C25H32N6O. The Morgan fingerprint density at radius 1 is 1.22 bits per heavy atom. The highest BCUT2D eigenvalue weighted by molar-refractivity contribution is 6.00. The monoisotopic (exact) mass is 432 g/mol. The molecule has 2 aromatic rings. The minimum absolute atomic E-state index is 0.346. The largest absolute Gasteiger partial charge is 0.381 e. The van der Waals surface area contributed by atoms with E-state index in [1.807, 2.05) is 26.3 Å². The summed E-state index contributed by atoms with van der Waals surface area (Å²) in [5, 5.41) is 3.79. The molecule has 4 heterocycles. The number of ether oxygens (including phenoxy) is 1. The first kappa shape index (κ1) is 22.3. The fraction of sp³-hybridized carbons (Fsp3) is 0.480. The molecule has 2 aromatic heterocycles. The second kappa shape index (κ2) is 10.1. The molecule has 1 fully saturated rings. The molecule has 0 amide bonds. The summed E-state index contributed by atoms with van der Waals surface area (Å²) >= 11 is 0. The predicted octanol–water partition coefficient (Wildman–Crippen LogP) is 4.31. The molecule has 32 heavy (non-hydrogen) atoms. The van der Waals surface area contributed by atoms with Crippen molar-refractivity contribution in [3.05, 3.63) is 52.9 Å². The van der Waals surface area contributed by atoms with Crippen molar-refractivity contribution >= 4 is 23.8 Å². The third kappa shape index (κ3) is 5.10. The third-order valence-electron chi connectivity index (χ3n) is 6.18. The average Bonchev–Trinajstić information content (AvgIpc) is 3.01. The quantitative estimate of drug-likeness (QED) is 0.688. The molecule has 4 rings (SSSR count). The van der Waals surface area contributed by atoms with Crippen LogP contribution < -0.4 is 5.32 Å². The predicted molar refractivity (Wildman–Crippen MR) is 130 cm³/mol. The van der Waals surface area contributed by atoms with E-state index in [1.54, 1.807) is 12.4 Å². The van der Waals surface area contributed by atoms with Gasteiger partial charge in [0.25, 0.3) is 0 Å². The van der Waals surface area contributed by atoms with E-state index >= 15 is 0 Å². The Balaban J connectivity index is 1.72. The topological polar surface area (TPSA) is 84.7 Å². The molecule has 0 bridgehead atoms. The van der Waals surface area contributed by atoms with Gasteiger partial charge in [0.1, 0.15) is 5.82 Å². The first-order chi connectivity index (χ1) is 15.5. The zero-order valence-electron chi connectivity index (χ0n) is 19.3. The van der Waals surface area contributed by atoms with Crippen LogP contribution in [0.5, 0.6) is 0 Å². The number of aromatic nitrogens is 3. The second-order valence-electron chi connectivity index (χ2n) is 8.48. The molecule has 0 saturated carbocycles. The fourth-order valence-corrected chi connectivity index (χ4v) is 4.11. The van der Waals surface area contributed by atoms with Crippen molar-refractivity contribution in [2.24, 2.45) is 9.98 Å². The molecule has 7 nitrogen and oxygen atoms in total. The Morgan fingerprint density at radius 3 is 2.69 bits per heavy atom. The number of hydrogen-bond acceptors (Lipinski definition) is 7. The highest BCUT2D eigenvalue weighted by Crippen LogP contribution is 2.30. The molecule has 1 N–H and O–H groups in total. The van der Waals surface area contributed by atoms with Crippen molar-refractivity contribution in [1.82, 2.24) is 15.0 Å². The van der Waals surface area contributed by atoms with Gasteiger partial charge in [0.15, 0.2) is 0 Å². The number of nitrogens with zero attached hydrogens (tertiary/aromatic N) is 5. The zero-order chi connectivity index (χ0) is 22.5. The standard InChI is InChI=1S/C25H32N6O/c1-5-20-6-7-24-23(15-29-20)25(31-21-8-10-32-11-9-21)22(17(3)30-24)14-26-16(2)19-12-27-18(4)28-13-19/h12-15,20-21H,2,5-11H2,1,3-4H3,(H,30,31). The minimum atomic E-state index is 0.346. The van der Waals surface area contributed by atoms with E-state index in [-0.39, 0.29) is 0 Å². The lowest BCUT2D eigenvalue weighted by atomic mass is 10.00.